The first-order valence-corrected chi connectivity index (χ1v) is 6.30. The van der Waals surface area contributed by atoms with E-state index in [-0.39, 0.29) is 22.9 Å². The van der Waals surface area contributed by atoms with Gasteiger partial charge in [0.1, 0.15) is 5.75 Å². The van der Waals surface area contributed by atoms with Crippen LogP contribution in [0.3, 0.4) is 0 Å². The van der Waals surface area contributed by atoms with Crippen LogP contribution in [0.25, 0.3) is 0 Å². The monoisotopic (exact) mass is 270 g/mol. The first-order chi connectivity index (χ1) is 8.56. The Morgan fingerprint density at radius 2 is 2.00 bits per heavy atom. The van der Waals surface area contributed by atoms with Crippen molar-refractivity contribution in [2.45, 2.75) is 37.8 Å². The maximum Gasteiger partial charge on any atom is 0.271 e. The second kappa shape index (κ2) is 5.54. The Bertz CT molecular complexity index is 445. The van der Waals surface area contributed by atoms with E-state index in [0.29, 0.717) is 5.75 Å². The van der Waals surface area contributed by atoms with Crippen molar-refractivity contribution in [1.29, 1.82) is 0 Å². The summed E-state index contributed by atoms with van der Waals surface area (Å²) in [6.45, 7) is 0. The maximum atomic E-state index is 10.6. The van der Waals surface area contributed by atoms with E-state index in [9.17, 15) is 10.1 Å². The normalized spacial score (nSPS) is 23.7. The SMILES string of the molecule is NC1CCC(Oc2ccc([N+](=O)[O-])cc2Cl)CC1. The van der Waals surface area contributed by atoms with Crippen LogP contribution in [0.15, 0.2) is 18.2 Å². The summed E-state index contributed by atoms with van der Waals surface area (Å²) in [5.74, 6) is 0.503. The van der Waals surface area contributed by atoms with Crippen LogP contribution in [0.1, 0.15) is 25.7 Å². The third kappa shape index (κ3) is 3.11. The summed E-state index contributed by atoms with van der Waals surface area (Å²) in [7, 11) is 0. The molecule has 1 aromatic carbocycles. The van der Waals surface area contributed by atoms with Crippen LogP contribution in [-0.4, -0.2) is 17.1 Å². The fourth-order valence-corrected chi connectivity index (χ4v) is 2.30. The van der Waals surface area contributed by atoms with Gasteiger partial charge in [0.15, 0.2) is 0 Å². The summed E-state index contributed by atoms with van der Waals surface area (Å²) in [6.07, 6.45) is 3.77. The number of ether oxygens (including phenoxy) is 1. The fraction of sp³-hybridized carbons (Fsp3) is 0.500. The van der Waals surface area contributed by atoms with Crippen molar-refractivity contribution >= 4 is 17.3 Å². The van der Waals surface area contributed by atoms with Gasteiger partial charge in [-0.2, -0.15) is 0 Å². The number of hydrogen-bond donors (Lipinski definition) is 1. The van der Waals surface area contributed by atoms with Crippen LogP contribution < -0.4 is 10.5 Å². The zero-order valence-corrected chi connectivity index (χ0v) is 10.6. The number of hydrogen-bond acceptors (Lipinski definition) is 4. The van der Waals surface area contributed by atoms with Crippen molar-refractivity contribution in [2.24, 2.45) is 5.73 Å². The highest BCUT2D eigenvalue weighted by Gasteiger charge is 2.21. The fourth-order valence-electron chi connectivity index (χ4n) is 2.08. The highest BCUT2D eigenvalue weighted by molar-refractivity contribution is 6.32. The average Bonchev–Trinajstić information content (AvgIpc) is 2.34. The lowest BCUT2D eigenvalue weighted by Gasteiger charge is -2.27. The van der Waals surface area contributed by atoms with Crippen LogP contribution >= 0.6 is 11.6 Å². The number of nitro groups is 1. The Morgan fingerprint density at radius 1 is 1.33 bits per heavy atom. The molecule has 1 saturated carbocycles. The van der Waals surface area contributed by atoms with Gasteiger partial charge >= 0.3 is 0 Å². The van der Waals surface area contributed by atoms with Gasteiger partial charge < -0.3 is 10.5 Å². The molecule has 0 spiro atoms. The van der Waals surface area contributed by atoms with E-state index in [0.717, 1.165) is 25.7 Å². The number of benzene rings is 1. The lowest BCUT2D eigenvalue weighted by Crippen LogP contribution is -2.31. The first-order valence-electron chi connectivity index (χ1n) is 5.92. The molecule has 98 valence electrons. The van der Waals surface area contributed by atoms with E-state index in [2.05, 4.69) is 0 Å². The van der Waals surface area contributed by atoms with E-state index in [1.807, 2.05) is 0 Å². The lowest BCUT2D eigenvalue weighted by molar-refractivity contribution is -0.384. The van der Waals surface area contributed by atoms with Gasteiger partial charge in [0.05, 0.1) is 16.0 Å². The van der Waals surface area contributed by atoms with Gasteiger partial charge in [0, 0.05) is 18.2 Å². The van der Waals surface area contributed by atoms with Gasteiger partial charge in [-0.1, -0.05) is 11.6 Å². The molecule has 18 heavy (non-hydrogen) atoms. The highest BCUT2D eigenvalue weighted by Crippen LogP contribution is 2.31. The molecule has 1 aromatic rings. The van der Waals surface area contributed by atoms with Crippen molar-refractivity contribution in [3.8, 4) is 5.75 Å². The van der Waals surface area contributed by atoms with Gasteiger partial charge in [0.25, 0.3) is 5.69 Å². The van der Waals surface area contributed by atoms with Gasteiger partial charge in [-0.3, -0.25) is 10.1 Å². The summed E-state index contributed by atoms with van der Waals surface area (Å²) >= 11 is 5.97. The molecule has 1 aliphatic rings. The van der Waals surface area contributed by atoms with Crippen LogP contribution in [0, 0.1) is 10.1 Å². The third-order valence-electron chi connectivity index (χ3n) is 3.14. The molecule has 1 fully saturated rings. The average molecular weight is 271 g/mol. The Hall–Kier alpha value is -1.33. The quantitative estimate of drug-likeness (QED) is 0.677. The van der Waals surface area contributed by atoms with Gasteiger partial charge in [-0.25, -0.2) is 0 Å². The van der Waals surface area contributed by atoms with Crippen molar-refractivity contribution in [2.75, 3.05) is 0 Å². The van der Waals surface area contributed by atoms with Gasteiger partial charge in [-0.15, -0.1) is 0 Å². The molecule has 2 rings (SSSR count). The second-order valence-electron chi connectivity index (χ2n) is 4.53. The number of nitro benzene ring substituents is 1. The minimum atomic E-state index is -0.477. The topological polar surface area (TPSA) is 78.4 Å². The molecule has 0 aromatic heterocycles. The molecule has 0 aliphatic heterocycles. The van der Waals surface area contributed by atoms with Crippen LogP contribution in [0.5, 0.6) is 5.75 Å². The van der Waals surface area contributed by atoms with E-state index < -0.39 is 4.92 Å². The summed E-state index contributed by atoms with van der Waals surface area (Å²) < 4.78 is 5.76. The van der Waals surface area contributed by atoms with Crippen LogP contribution in [-0.2, 0) is 0 Å². The molecule has 1 aliphatic carbocycles. The number of rotatable bonds is 3. The summed E-state index contributed by atoms with van der Waals surface area (Å²) in [5, 5.41) is 10.9. The Balaban J connectivity index is 2.03. The standard InChI is InChI=1S/C12H15ClN2O3/c13-11-7-9(15(16)17)3-6-12(11)18-10-4-1-8(14)2-5-10/h3,6-8,10H,1-2,4-5,14H2. The maximum absolute atomic E-state index is 10.6. The predicted octanol–water partition coefficient (Wildman–Crippen LogP) is 2.90. The molecule has 0 radical (unpaired) electrons. The molecule has 0 saturated heterocycles. The minimum Gasteiger partial charge on any atom is -0.489 e. The van der Waals surface area contributed by atoms with Crippen molar-refractivity contribution in [3.05, 3.63) is 33.3 Å². The lowest BCUT2D eigenvalue weighted by atomic mass is 9.94. The molecule has 6 heteroatoms. The summed E-state index contributed by atoms with van der Waals surface area (Å²) in [5.41, 5.74) is 5.79. The van der Waals surface area contributed by atoms with Gasteiger partial charge in [-0.05, 0) is 31.7 Å². The summed E-state index contributed by atoms with van der Waals surface area (Å²) in [6, 6.07) is 4.52. The largest absolute Gasteiger partial charge is 0.489 e. The predicted molar refractivity (Wildman–Crippen MR) is 69.0 cm³/mol. The van der Waals surface area contributed by atoms with Crippen molar-refractivity contribution in [3.63, 3.8) is 0 Å². The molecule has 5 nitrogen and oxygen atoms in total. The van der Waals surface area contributed by atoms with E-state index in [1.54, 1.807) is 6.07 Å². The van der Waals surface area contributed by atoms with Crippen molar-refractivity contribution in [1.82, 2.24) is 0 Å². The first kappa shape index (κ1) is 13.1. The number of halogens is 1. The molecule has 0 unspecified atom stereocenters. The molecule has 0 atom stereocenters. The van der Waals surface area contributed by atoms with Crippen molar-refractivity contribution < 1.29 is 9.66 Å². The zero-order chi connectivity index (χ0) is 13.1. The number of nitrogens with two attached hydrogens (primary N) is 1. The highest BCUT2D eigenvalue weighted by atomic mass is 35.5. The molecule has 0 amide bonds. The number of nitrogens with zero attached hydrogens (tertiary/aromatic N) is 1. The zero-order valence-electron chi connectivity index (χ0n) is 9.84. The number of non-ortho nitro benzene ring substituents is 1. The van der Waals surface area contributed by atoms with Crippen LogP contribution in [0.2, 0.25) is 5.02 Å². The van der Waals surface area contributed by atoms with Crippen LogP contribution in [0.4, 0.5) is 5.69 Å². The Labute approximate surface area is 110 Å². The molecule has 0 heterocycles. The van der Waals surface area contributed by atoms with Gasteiger partial charge in [0.2, 0.25) is 0 Å². The second-order valence-corrected chi connectivity index (χ2v) is 4.93. The molecule has 2 N–H and O–H groups in total. The third-order valence-corrected chi connectivity index (χ3v) is 3.43. The van der Waals surface area contributed by atoms with E-state index in [1.165, 1.54) is 12.1 Å². The van der Waals surface area contributed by atoms with E-state index in [4.69, 9.17) is 22.1 Å². The smallest absolute Gasteiger partial charge is 0.271 e. The Kier molecular flexibility index (Phi) is 4.04. The molecular formula is C12H15ClN2O3. The minimum absolute atomic E-state index is 0.0296. The Morgan fingerprint density at radius 3 is 2.56 bits per heavy atom. The summed E-state index contributed by atoms with van der Waals surface area (Å²) in [4.78, 5) is 10.1. The van der Waals surface area contributed by atoms with E-state index >= 15 is 0 Å². The molecule has 0 bridgehead atoms. The molecular weight excluding hydrogens is 256 g/mol.